The Morgan fingerprint density at radius 3 is 2.62 bits per heavy atom. The summed E-state index contributed by atoms with van der Waals surface area (Å²) in [5, 5.41) is 6.08. The molecule has 21 heavy (non-hydrogen) atoms. The van der Waals surface area contributed by atoms with Gasteiger partial charge in [-0.15, -0.1) is 0 Å². The monoisotopic (exact) mass is 277 g/mol. The third kappa shape index (κ3) is 3.23. The van der Waals surface area contributed by atoms with Crippen LogP contribution in [0, 0.1) is 0 Å². The molecule has 0 saturated heterocycles. The van der Waals surface area contributed by atoms with Crippen molar-refractivity contribution in [1.29, 1.82) is 0 Å². The van der Waals surface area contributed by atoms with Gasteiger partial charge in [-0.25, -0.2) is 0 Å². The van der Waals surface area contributed by atoms with Crippen molar-refractivity contribution in [2.75, 3.05) is 12.4 Å². The van der Waals surface area contributed by atoms with Crippen molar-refractivity contribution in [2.24, 2.45) is 0 Å². The molecule has 0 heterocycles. The van der Waals surface area contributed by atoms with E-state index in [1.165, 1.54) is 21.9 Å². The molecule has 2 heteroatoms. The van der Waals surface area contributed by atoms with Crippen LogP contribution in [0.2, 0.25) is 0 Å². The topological polar surface area (TPSA) is 21.3 Å². The summed E-state index contributed by atoms with van der Waals surface area (Å²) in [5.41, 5.74) is 3.61. The number of fused-ring (bicyclic) bond motifs is 1. The summed E-state index contributed by atoms with van der Waals surface area (Å²) < 4.78 is 5.18. The van der Waals surface area contributed by atoms with E-state index in [2.05, 4.69) is 72.0 Å². The van der Waals surface area contributed by atoms with Crippen LogP contribution < -0.4 is 5.32 Å². The minimum absolute atomic E-state index is 0.643. The summed E-state index contributed by atoms with van der Waals surface area (Å²) in [6.07, 6.45) is 0. The van der Waals surface area contributed by atoms with Crippen LogP contribution in [0.3, 0.4) is 0 Å². The van der Waals surface area contributed by atoms with E-state index >= 15 is 0 Å². The molecule has 0 aliphatic rings. The van der Waals surface area contributed by atoms with Crippen molar-refractivity contribution in [2.45, 2.75) is 13.2 Å². The predicted molar refractivity (Wildman–Crippen MR) is 88.4 cm³/mol. The van der Waals surface area contributed by atoms with Crippen molar-refractivity contribution in [1.82, 2.24) is 0 Å². The highest BCUT2D eigenvalue weighted by molar-refractivity contribution is 5.85. The fourth-order valence-corrected chi connectivity index (χ4v) is 2.58. The fourth-order valence-electron chi connectivity index (χ4n) is 2.58. The maximum absolute atomic E-state index is 5.18. The predicted octanol–water partition coefficient (Wildman–Crippen LogP) is 4.60. The first kappa shape index (κ1) is 13.7. The molecular weight excluding hydrogens is 258 g/mol. The molecule has 0 aliphatic heterocycles. The van der Waals surface area contributed by atoms with Gasteiger partial charge in [0.25, 0.3) is 0 Å². The van der Waals surface area contributed by atoms with Crippen LogP contribution in [0.25, 0.3) is 10.8 Å². The molecule has 0 radical (unpaired) electrons. The first-order valence-corrected chi connectivity index (χ1v) is 7.15. The summed E-state index contributed by atoms with van der Waals surface area (Å²) >= 11 is 0. The third-order valence-corrected chi connectivity index (χ3v) is 3.60. The molecular formula is C19H19NO. The third-order valence-electron chi connectivity index (χ3n) is 3.60. The molecule has 0 bridgehead atoms. The van der Waals surface area contributed by atoms with Gasteiger partial charge in [-0.05, 0) is 34.0 Å². The second-order valence-electron chi connectivity index (χ2n) is 5.13. The van der Waals surface area contributed by atoms with Gasteiger partial charge in [0.2, 0.25) is 0 Å². The molecule has 0 amide bonds. The minimum atomic E-state index is 0.643. The Bertz CT molecular complexity index is 731. The van der Waals surface area contributed by atoms with Gasteiger partial charge in [0, 0.05) is 19.3 Å². The zero-order chi connectivity index (χ0) is 14.5. The van der Waals surface area contributed by atoms with E-state index in [9.17, 15) is 0 Å². The first-order chi connectivity index (χ1) is 10.4. The van der Waals surface area contributed by atoms with E-state index in [-0.39, 0.29) is 0 Å². The molecule has 3 aromatic rings. The SMILES string of the molecule is COCc1cccc(NCc2cccc3ccccc23)c1. The van der Waals surface area contributed by atoms with Gasteiger partial charge in [-0.2, -0.15) is 0 Å². The number of benzene rings is 3. The van der Waals surface area contributed by atoms with Gasteiger partial charge < -0.3 is 10.1 Å². The van der Waals surface area contributed by atoms with Crippen LogP contribution in [0.15, 0.2) is 66.7 Å². The highest BCUT2D eigenvalue weighted by Crippen LogP contribution is 2.20. The normalized spacial score (nSPS) is 10.7. The Labute approximate surface area is 125 Å². The average Bonchev–Trinajstić information content (AvgIpc) is 2.53. The zero-order valence-electron chi connectivity index (χ0n) is 12.2. The number of hydrogen-bond donors (Lipinski definition) is 1. The van der Waals surface area contributed by atoms with E-state index < -0.39 is 0 Å². The molecule has 0 spiro atoms. The molecule has 0 saturated carbocycles. The van der Waals surface area contributed by atoms with Crippen molar-refractivity contribution in [3.05, 3.63) is 77.9 Å². The molecule has 2 nitrogen and oxygen atoms in total. The van der Waals surface area contributed by atoms with E-state index in [0.29, 0.717) is 6.61 Å². The average molecular weight is 277 g/mol. The largest absolute Gasteiger partial charge is 0.381 e. The Morgan fingerprint density at radius 2 is 1.71 bits per heavy atom. The van der Waals surface area contributed by atoms with Crippen molar-refractivity contribution in [3.8, 4) is 0 Å². The van der Waals surface area contributed by atoms with Crippen LogP contribution in [0.4, 0.5) is 5.69 Å². The van der Waals surface area contributed by atoms with Gasteiger partial charge >= 0.3 is 0 Å². The van der Waals surface area contributed by atoms with Crippen LogP contribution in [0.1, 0.15) is 11.1 Å². The Morgan fingerprint density at radius 1 is 0.905 bits per heavy atom. The molecule has 106 valence electrons. The van der Waals surface area contributed by atoms with E-state index in [4.69, 9.17) is 4.74 Å². The van der Waals surface area contributed by atoms with Crippen molar-refractivity contribution >= 4 is 16.5 Å². The molecule has 3 aromatic carbocycles. The van der Waals surface area contributed by atoms with Gasteiger partial charge in [-0.3, -0.25) is 0 Å². The van der Waals surface area contributed by atoms with Crippen LogP contribution >= 0.6 is 0 Å². The van der Waals surface area contributed by atoms with Crippen LogP contribution in [0.5, 0.6) is 0 Å². The Kier molecular flexibility index (Phi) is 4.17. The van der Waals surface area contributed by atoms with Crippen LogP contribution in [-0.2, 0) is 17.9 Å². The Hall–Kier alpha value is -2.32. The summed E-state index contributed by atoms with van der Waals surface area (Å²) in [6, 6.07) is 23.3. The molecule has 3 rings (SSSR count). The zero-order valence-corrected chi connectivity index (χ0v) is 12.2. The number of nitrogens with one attached hydrogen (secondary N) is 1. The van der Waals surface area contributed by atoms with Crippen LogP contribution in [-0.4, -0.2) is 7.11 Å². The molecule has 0 fully saturated rings. The lowest BCUT2D eigenvalue weighted by Crippen LogP contribution is -2.00. The smallest absolute Gasteiger partial charge is 0.0713 e. The molecule has 0 aromatic heterocycles. The second kappa shape index (κ2) is 6.42. The highest BCUT2D eigenvalue weighted by Gasteiger charge is 2.01. The van der Waals surface area contributed by atoms with E-state index in [1.54, 1.807) is 7.11 Å². The highest BCUT2D eigenvalue weighted by atomic mass is 16.5. The standard InChI is InChI=1S/C19H19NO/c1-21-14-15-6-4-10-18(12-15)20-13-17-9-5-8-16-7-2-3-11-19(16)17/h2-12,20H,13-14H2,1H3. The maximum atomic E-state index is 5.18. The molecule has 0 atom stereocenters. The lowest BCUT2D eigenvalue weighted by molar-refractivity contribution is 0.185. The fraction of sp³-hybridized carbons (Fsp3) is 0.158. The summed E-state index contributed by atoms with van der Waals surface area (Å²) in [7, 11) is 1.72. The lowest BCUT2D eigenvalue weighted by atomic mass is 10.0. The maximum Gasteiger partial charge on any atom is 0.0713 e. The number of rotatable bonds is 5. The molecule has 0 unspecified atom stereocenters. The second-order valence-corrected chi connectivity index (χ2v) is 5.13. The van der Waals surface area contributed by atoms with Gasteiger partial charge in [0.1, 0.15) is 0 Å². The minimum Gasteiger partial charge on any atom is -0.381 e. The molecule has 0 aliphatic carbocycles. The number of anilines is 1. The van der Waals surface area contributed by atoms with Gasteiger partial charge in [0.05, 0.1) is 6.61 Å². The summed E-state index contributed by atoms with van der Waals surface area (Å²) in [6.45, 7) is 1.46. The van der Waals surface area contributed by atoms with Crippen molar-refractivity contribution < 1.29 is 4.74 Å². The number of ether oxygens (including phenoxy) is 1. The van der Waals surface area contributed by atoms with E-state index in [1.807, 2.05) is 0 Å². The van der Waals surface area contributed by atoms with Gasteiger partial charge in [-0.1, -0.05) is 54.6 Å². The summed E-state index contributed by atoms with van der Waals surface area (Å²) in [5.74, 6) is 0. The lowest BCUT2D eigenvalue weighted by Gasteiger charge is -2.10. The molecule has 1 N–H and O–H groups in total. The van der Waals surface area contributed by atoms with Gasteiger partial charge in [0.15, 0.2) is 0 Å². The van der Waals surface area contributed by atoms with E-state index in [0.717, 1.165) is 12.2 Å². The number of methoxy groups -OCH3 is 1. The Balaban J connectivity index is 1.79. The quantitative estimate of drug-likeness (QED) is 0.736. The van der Waals surface area contributed by atoms with Crippen molar-refractivity contribution in [3.63, 3.8) is 0 Å². The number of hydrogen-bond acceptors (Lipinski definition) is 2. The first-order valence-electron chi connectivity index (χ1n) is 7.15. The summed E-state index contributed by atoms with van der Waals surface area (Å²) in [4.78, 5) is 0.